The molecule has 0 spiro atoms. The average Bonchev–Trinajstić information content (AvgIpc) is 3.42. The number of carbonyl (C=O) groups excluding carboxylic acids is 3. The summed E-state index contributed by atoms with van der Waals surface area (Å²) in [6.45, 7) is 1.15. The predicted molar refractivity (Wildman–Crippen MR) is 111 cm³/mol. The second-order valence-corrected chi connectivity index (χ2v) is 7.24. The number of Topliss-reactive ketones (excluding diaryl/α,β-unsaturated/α-hetero) is 1. The van der Waals surface area contributed by atoms with Gasteiger partial charge in [-0.15, -0.1) is 5.10 Å². The Kier molecular flexibility index (Phi) is 5.31. The number of rotatable bonds is 7. The van der Waals surface area contributed by atoms with Crippen LogP contribution in [0.3, 0.4) is 0 Å². The largest absolute Gasteiger partial charge is 0.497 e. The molecule has 3 aromatic rings. The summed E-state index contributed by atoms with van der Waals surface area (Å²) in [7, 11) is 2.92. The van der Waals surface area contributed by atoms with Crippen LogP contribution >= 0.6 is 0 Å². The van der Waals surface area contributed by atoms with Gasteiger partial charge >= 0.3 is 6.03 Å². The molecule has 1 aliphatic rings. The number of carbonyl (C=O) groups is 3. The molecule has 3 amide bonds. The number of urea groups is 1. The third-order valence-electron chi connectivity index (χ3n) is 5.32. The minimum Gasteiger partial charge on any atom is -0.497 e. The monoisotopic (exact) mass is 436 g/mol. The lowest BCUT2D eigenvalue weighted by atomic mass is 9.91. The van der Waals surface area contributed by atoms with E-state index in [4.69, 9.17) is 9.47 Å². The Morgan fingerprint density at radius 3 is 2.62 bits per heavy atom. The highest BCUT2D eigenvalue weighted by molar-refractivity contribution is 6.11. The molecule has 0 saturated carbocycles. The number of amides is 3. The molecular weight excluding hydrogens is 416 g/mol. The molecule has 1 atom stereocenters. The molecule has 32 heavy (non-hydrogen) atoms. The lowest BCUT2D eigenvalue weighted by molar-refractivity contribution is -0.130. The molecule has 2 heterocycles. The molecule has 4 rings (SSSR count). The van der Waals surface area contributed by atoms with Gasteiger partial charge in [-0.05, 0) is 47.2 Å². The smallest absolute Gasteiger partial charge is 0.325 e. The fraction of sp³-hybridized carbons (Fsp3) is 0.238. The number of benzene rings is 2. The van der Waals surface area contributed by atoms with E-state index in [0.717, 1.165) is 4.90 Å². The zero-order valence-corrected chi connectivity index (χ0v) is 17.6. The van der Waals surface area contributed by atoms with E-state index in [0.29, 0.717) is 22.7 Å². The fourth-order valence-corrected chi connectivity index (χ4v) is 3.53. The minimum atomic E-state index is -1.36. The van der Waals surface area contributed by atoms with Crippen LogP contribution in [0.15, 0.2) is 48.8 Å². The van der Waals surface area contributed by atoms with Gasteiger partial charge in [-0.3, -0.25) is 14.5 Å². The number of methoxy groups -OCH3 is 2. The van der Waals surface area contributed by atoms with E-state index in [1.807, 2.05) is 0 Å². The average molecular weight is 436 g/mol. The summed E-state index contributed by atoms with van der Waals surface area (Å²) < 4.78 is 11.8. The van der Waals surface area contributed by atoms with Crippen LogP contribution in [0.25, 0.3) is 5.69 Å². The van der Waals surface area contributed by atoms with Crippen LogP contribution in [0.5, 0.6) is 11.5 Å². The first-order chi connectivity index (χ1) is 15.4. The van der Waals surface area contributed by atoms with Gasteiger partial charge in [0.05, 0.1) is 32.0 Å². The number of nitrogens with zero attached hydrogens (tertiary/aromatic N) is 5. The Morgan fingerprint density at radius 2 is 1.94 bits per heavy atom. The van der Waals surface area contributed by atoms with Crippen LogP contribution in [-0.2, 0) is 10.3 Å². The quantitative estimate of drug-likeness (QED) is 0.434. The topological polar surface area (TPSA) is 129 Å². The summed E-state index contributed by atoms with van der Waals surface area (Å²) in [5.74, 6) is -0.182. The van der Waals surface area contributed by atoms with Crippen molar-refractivity contribution in [2.24, 2.45) is 0 Å². The molecular formula is C21H20N6O5. The number of ether oxygens (including phenoxy) is 2. The van der Waals surface area contributed by atoms with E-state index in [9.17, 15) is 14.4 Å². The Morgan fingerprint density at radius 1 is 1.12 bits per heavy atom. The Balaban J connectivity index is 1.60. The second-order valence-electron chi connectivity index (χ2n) is 7.24. The van der Waals surface area contributed by atoms with E-state index in [-0.39, 0.29) is 5.56 Å². The summed E-state index contributed by atoms with van der Waals surface area (Å²) in [4.78, 5) is 39.7. The summed E-state index contributed by atoms with van der Waals surface area (Å²) in [5.41, 5.74) is 0.0306. The zero-order chi connectivity index (χ0) is 22.9. The van der Waals surface area contributed by atoms with Crippen molar-refractivity contribution in [2.75, 3.05) is 20.8 Å². The number of aromatic nitrogens is 4. The van der Waals surface area contributed by atoms with Crippen molar-refractivity contribution < 1.29 is 23.9 Å². The molecule has 0 bridgehead atoms. The first-order valence-electron chi connectivity index (χ1n) is 9.60. The first-order valence-corrected chi connectivity index (χ1v) is 9.60. The normalized spacial score (nSPS) is 17.9. The zero-order valence-electron chi connectivity index (χ0n) is 17.6. The molecule has 164 valence electrons. The highest BCUT2D eigenvalue weighted by atomic mass is 16.5. The van der Waals surface area contributed by atoms with Crippen LogP contribution in [0.4, 0.5) is 4.79 Å². The summed E-state index contributed by atoms with van der Waals surface area (Å²) >= 11 is 0. The molecule has 1 saturated heterocycles. The standard InChI is InChI=1S/C21H20N6O5/c1-21(13-5-4-6-14(9-13)27-12-22-24-25-27)19(29)26(20(30)23-21)11-17(28)16-8-7-15(31-2)10-18(16)32-3/h4-10,12H,11H2,1-3H3,(H,23,30)/t21-/m0/s1. The number of hydrogen-bond donors (Lipinski definition) is 1. The van der Waals surface area contributed by atoms with Gasteiger partial charge in [0.15, 0.2) is 5.78 Å². The molecule has 0 aliphatic carbocycles. The third-order valence-corrected chi connectivity index (χ3v) is 5.32. The van der Waals surface area contributed by atoms with Crippen LogP contribution in [0.1, 0.15) is 22.8 Å². The Hall–Kier alpha value is -4.28. The minimum absolute atomic E-state index is 0.239. The summed E-state index contributed by atoms with van der Waals surface area (Å²) in [5, 5.41) is 13.7. The van der Waals surface area contributed by atoms with E-state index in [1.165, 1.54) is 31.3 Å². The second kappa shape index (κ2) is 8.10. The third kappa shape index (κ3) is 3.53. The highest BCUT2D eigenvalue weighted by Crippen LogP contribution is 2.31. The van der Waals surface area contributed by atoms with Crippen molar-refractivity contribution in [3.05, 3.63) is 59.9 Å². The molecule has 1 N–H and O–H groups in total. The number of ketones is 1. The van der Waals surface area contributed by atoms with Crippen LogP contribution in [0, 0.1) is 0 Å². The van der Waals surface area contributed by atoms with Gasteiger partial charge in [-0.1, -0.05) is 12.1 Å². The lowest BCUT2D eigenvalue weighted by Gasteiger charge is -2.22. The maximum atomic E-state index is 13.2. The Labute approximate surface area is 182 Å². The number of nitrogens with one attached hydrogen (secondary N) is 1. The van der Waals surface area contributed by atoms with Crippen molar-refractivity contribution in [3.8, 4) is 17.2 Å². The van der Waals surface area contributed by atoms with Gasteiger partial charge in [0.1, 0.15) is 23.4 Å². The predicted octanol–water partition coefficient (Wildman–Crippen LogP) is 1.33. The molecule has 0 unspecified atom stereocenters. The number of tetrazole rings is 1. The van der Waals surface area contributed by atoms with Crippen molar-refractivity contribution in [3.63, 3.8) is 0 Å². The SMILES string of the molecule is COc1ccc(C(=O)CN2C(=O)N[C@@](C)(c3cccc(-n4cnnn4)c3)C2=O)c(OC)c1. The molecule has 1 fully saturated rings. The number of imide groups is 1. The van der Waals surface area contributed by atoms with Gasteiger partial charge in [-0.2, -0.15) is 0 Å². The molecule has 1 aromatic heterocycles. The van der Waals surface area contributed by atoms with E-state index >= 15 is 0 Å². The molecule has 11 heteroatoms. The van der Waals surface area contributed by atoms with Crippen molar-refractivity contribution in [2.45, 2.75) is 12.5 Å². The van der Waals surface area contributed by atoms with Gasteiger partial charge in [-0.25, -0.2) is 9.48 Å². The Bertz CT molecular complexity index is 1200. The maximum Gasteiger partial charge on any atom is 0.325 e. The lowest BCUT2D eigenvalue weighted by Crippen LogP contribution is -2.41. The van der Waals surface area contributed by atoms with E-state index < -0.39 is 29.8 Å². The number of hydrogen-bond acceptors (Lipinski definition) is 8. The van der Waals surface area contributed by atoms with Gasteiger partial charge in [0.2, 0.25) is 0 Å². The fourth-order valence-electron chi connectivity index (χ4n) is 3.53. The van der Waals surface area contributed by atoms with E-state index in [2.05, 4.69) is 20.8 Å². The summed E-state index contributed by atoms with van der Waals surface area (Å²) in [6, 6.07) is 11.0. The molecule has 11 nitrogen and oxygen atoms in total. The molecule has 2 aromatic carbocycles. The van der Waals surface area contributed by atoms with Gasteiger partial charge in [0.25, 0.3) is 5.91 Å². The first kappa shape index (κ1) is 21.0. The summed E-state index contributed by atoms with van der Waals surface area (Å²) in [6.07, 6.45) is 1.42. The van der Waals surface area contributed by atoms with E-state index in [1.54, 1.807) is 43.3 Å². The van der Waals surface area contributed by atoms with Crippen molar-refractivity contribution >= 4 is 17.7 Å². The van der Waals surface area contributed by atoms with Crippen LogP contribution in [0.2, 0.25) is 0 Å². The maximum absolute atomic E-state index is 13.2. The van der Waals surface area contributed by atoms with Crippen molar-refractivity contribution in [1.29, 1.82) is 0 Å². The molecule has 1 aliphatic heterocycles. The van der Waals surface area contributed by atoms with Gasteiger partial charge < -0.3 is 14.8 Å². The van der Waals surface area contributed by atoms with Crippen LogP contribution < -0.4 is 14.8 Å². The van der Waals surface area contributed by atoms with Crippen molar-refractivity contribution in [1.82, 2.24) is 30.4 Å². The van der Waals surface area contributed by atoms with Gasteiger partial charge in [0, 0.05) is 6.07 Å². The van der Waals surface area contributed by atoms with Crippen LogP contribution in [-0.4, -0.2) is 63.6 Å². The highest BCUT2D eigenvalue weighted by Gasteiger charge is 2.49. The molecule has 0 radical (unpaired) electrons.